The lowest BCUT2D eigenvalue weighted by atomic mass is 10.1. The third-order valence-corrected chi connectivity index (χ3v) is 5.27. The molecule has 2 aromatic carbocycles. The zero-order chi connectivity index (χ0) is 17.7. The summed E-state index contributed by atoms with van der Waals surface area (Å²) in [6, 6.07) is 10.2. The number of carbonyl (C=O) groups is 1. The molecule has 4 aromatic rings. The number of hydrogen-bond donors (Lipinski definition) is 0. The van der Waals surface area contributed by atoms with Crippen LogP contribution in [0.5, 0.6) is 0 Å². The molecule has 124 valence electrons. The molecule has 5 nitrogen and oxygen atoms in total. The van der Waals surface area contributed by atoms with Crippen LogP contribution in [0.4, 0.5) is 0 Å². The largest absolute Gasteiger partial charge is 0.545 e. The van der Waals surface area contributed by atoms with Gasteiger partial charge >= 0.3 is 0 Å². The van der Waals surface area contributed by atoms with E-state index in [9.17, 15) is 14.7 Å². The van der Waals surface area contributed by atoms with Crippen molar-refractivity contribution in [3.63, 3.8) is 0 Å². The number of carboxylic acids is 1. The Labute approximate surface area is 146 Å². The maximum absolute atomic E-state index is 12.8. The number of rotatable bonds is 2. The minimum absolute atomic E-state index is 0.109. The normalized spacial score (nSPS) is 12.3. The molecule has 0 fully saturated rings. The van der Waals surface area contributed by atoms with Crippen LogP contribution in [0.25, 0.3) is 22.1 Å². The first-order valence-corrected chi connectivity index (χ1v) is 8.51. The summed E-state index contributed by atoms with van der Waals surface area (Å²) in [4.78, 5) is 28.8. The summed E-state index contributed by atoms with van der Waals surface area (Å²) in [6.45, 7) is 4.03. The number of imidazole rings is 1. The number of carboxylic acid groups (broad SMARTS) is 1. The second kappa shape index (κ2) is 5.53. The van der Waals surface area contributed by atoms with Gasteiger partial charge in [-0.2, -0.15) is 0 Å². The lowest BCUT2D eigenvalue weighted by molar-refractivity contribution is -0.255. The second-order valence-electron chi connectivity index (χ2n) is 5.98. The summed E-state index contributed by atoms with van der Waals surface area (Å²) in [6.07, 6.45) is 1.74. The van der Waals surface area contributed by atoms with E-state index in [-0.39, 0.29) is 11.1 Å². The van der Waals surface area contributed by atoms with Gasteiger partial charge in [-0.15, -0.1) is 0 Å². The highest BCUT2D eigenvalue weighted by Gasteiger charge is 2.12. The van der Waals surface area contributed by atoms with Gasteiger partial charge in [0.2, 0.25) is 0 Å². The number of fused-ring (bicyclic) bond motifs is 3. The Morgan fingerprint density at radius 2 is 1.84 bits per heavy atom. The number of thiazole rings is 1. The van der Waals surface area contributed by atoms with Crippen LogP contribution in [0, 0.1) is 13.8 Å². The minimum Gasteiger partial charge on any atom is -0.545 e. The Morgan fingerprint density at radius 1 is 1.16 bits per heavy atom. The van der Waals surface area contributed by atoms with Crippen LogP contribution < -0.4 is 15.2 Å². The molecule has 0 aliphatic heterocycles. The molecule has 25 heavy (non-hydrogen) atoms. The van der Waals surface area contributed by atoms with Gasteiger partial charge in [-0.1, -0.05) is 35.6 Å². The van der Waals surface area contributed by atoms with Gasteiger partial charge in [0.15, 0.2) is 4.96 Å². The van der Waals surface area contributed by atoms with Gasteiger partial charge in [0, 0.05) is 0 Å². The van der Waals surface area contributed by atoms with E-state index in [1.54, 1.807) is 22.6 Å². The van der Waals surface area contributed by atoms with Gasteiger partial charge in [-0.05, 0) is 54.3 Å². The molecule has 2 heterocycles. The van der Waals surface area contributed by atoms with Crippen molar-refractivity contribution in [1.29, 1.82) is 0 Å². The maximum Gasteiger partial charge on any atom is 0.274 e. The summed E-state index contributed by atoms with van der Waals surface area (Å²) < 4.78 is 2.19. The van der Waals surface area contributed by atoms with Crippen LogP contribution in [0.2, 0.25) is 0 Å². The molecule has 0 aliphatic rings. The van der Waals surface area contributed by atoms with Gasteiger partial charge in [0.25, 0.3) is 5.56 Å². The van der Waals surface area contributed by atoms with Crippen molar-refractivity contribution in [3.8, 4) is 0 Å². The molecule has 0 amide bonds. The highest BCUT2D eigenvalue weighted by atomic mass is 32.1. The first-order chi connectivity index (χ1) is 11.9. The minimum atomic E-state index is -1.22. The molecule has 0 radical (unpaired) electrons. The number of aromatic nitrogens is 2. The molecule has 0 N–H and O–H groups in total. The van der Waals surface area contributed by atoms with E-state index < -0.39 is 5.97 Å². The molecule has 2 aromatic heterocycles. The number of hydrogen-bond acceptors (Lipinski definition) is 5. The smallest absolute Gasteiger partial charge is 0.274 e. The van der Waals surface area contributed by atoms with Crippen molar-refractivity contribution in [2.75, 3.05) is 0 Å². The Kier molecular flexibility index (Phi) is 3.43. The second-order valence-corrected chi connectivity index (χ2v) is 6.99. The number of benzene rings is 2. The molecular weight excluding hydrogens is 336 g/mol. The molecule has 0 spiro atoms. The molecule has 0 bridgehead atoms. The summed E-state index contributed by atoms with van der Waals surface area (Å²) >= 11 is 1.32. The van der Waals surface area contributed by atoms with Crippen molar-refractivity contribution in [2.45, 2.75) is 13.8 Å². The first-order valence-electron chi connectivity index (χ1n) is 7.69. The van der Waals surface area contributed by atoms with Gasteiger partial charge in [0.1, 0.15) is 0 Å². The van der Waals surface area contributed by atoms with Crippen LogP contribution in [-0.4, -0.2) is 15.4 Å². The van der Waals surface area contributed by atoms with E-state index in [1.807, 2.05) is 26.0 Å². The SMILES string of the molecule is Cc1cc2nc3s/c(=C\c4ccc(C(=O)[O-])cc4)c(=O)n3c2cc1C. The zero-order valence-electron chi connectivity index (χ0n) is 13.6. The van der Waals surface area contributed by atoms with Crippen LogP contribution >= 0.6 is 11.3 Å². The van der Waals surface area contributed by atoms with E-state index in [2.05, 4.69) is 4.98 Å². The van der Waals surface area contributed by atoms with Gasteiger partial charge in [0.05, 0.1) is 21.5 Å². The predicted molar refractivity (Wildman–Crippen MR) is 95.9 cm³/mol. The average Bonchev–Trinajstić information content (AvgIpc) is 3.05. The molecule has 0 unspecified atom stereocenters. The third kappa shape index (κ3) is 2.51. The number of carbonyl (C=O) groups excluding carboxylic acids is 1. The zero-order valence-corrected chi connectivity index (χ0v) is 14.4. The fourth-order valence-corrected chi connectivity index (χ4v) is 3.77. The Bertz CT molecular complexity index is 1250. The number of nitrogens with zero attached hydrogens (tertiary/aromatic N) is 2. The van der Waals surface area contributed by atoms with Crippen molar-refractivity contribution < 1.29 is 9.90 Å². The average molecular weight is 349 g/mol. The Balaban J connectivity index is 1.91. The highest BCUT2D eigenvalue weighted by molar-refractivity contribution is 7.15. The fraction of sp³-hybridized carbons (Fsp3) is 0.105. The molecule has 0 saturated heterocycles. The molecule has 0 atom stereocenters. The molecule has 4 rings (SSSR count). The Hall–Kier alpha value is -2.99. The van der Waals surface area contributed by atoms with Crippen molar-refractivity contribution in [1.82, 2.24) is 9.38 Å². The van der Waals surface area contributed by atoms with E-state index in [4.69, 9.17) is 0 Å². The molecule has 0 aliphatic carbocycles. The molecular formula is C19H13N2O3S-. The monoisotopic (exact) mass is 349 g/mol. The van der Waals surface area contributed by atoms with Crippen molar-refractivity contribution in [2.24, 2.45) is 0 Å². The van der Waals surface area contributed by atoms with E-state index in [0.29, 0.717) is 9.49 Å². The van der Waals surface area contributed by atoms with E-state index in [1.165, 1.54) is 23.5 Å². The standard InChI is InChI=1S/C19H14N2O3S/c1-10-7-14-15(8-11(10)2)21-17(22)16(25-19(21)20-14)9-12-3-5-13(6-4-12)18(23)24/h3-9H,1-2H3,(H,23,24)/p-1/b16-9-. The topological polar surface area (TPSA) is 74.5 Å². The van der Waals surface area contributed by atoms with Gasteiger partial charge in [-0.3, -0.25) is 4.79 Å². The van der Waals surface area contributed by atoms with E-state index in [0.717, 1.165) is 27.7 Å². The maximum atomic E-state index is 12.8. The lowest BCUT2D eigenvalue weighted by Gasteiger charge is -2.01. The van der Waals surface area contributed by atoms with Crippen molar-refractivity contribution in [3.05, 3.63) is 73.5 Å². The summed E-state index contributed by atoms with van der Waals surface area (Å²) in [5.74, 6) is -1.22. The Morgan fingerprint density at radius 3 is 2.52 bits per heavy atom. The van der Waals surface area contributed by atoms with Gasteiger partial charge < -0.3 is 9.90 Å². The fourth-order valence-electron chi connectivity index (χ4n) is 2.79. The van der Waals surface area contributed by atoms with E-state index >= 15 is 0 Å². The summed E-state index contributed by atoms with van der Waals surface area (Å²) in [7, 11) is 0. The molecule has 0 saturated carbocycles. The summed E-state index contributed by atoms with van der Waals surface area (Å²) in [5, 5.41) is 10.8. The lowest BCUT2D eigenvalue weighted by Crippen LogP contribution is -2.23. The predicted octanol–water partition coefficient (Wildman–Crippen LogP) is 1.44. The third-order valence-electron chi connectivity index (χ3n) is 4.30. The quantitative estimate of drug-likeness (QED) is 0.549. The molecule has 6 heteroatoms. The summed E-state index contributed by atoms with van der Waals surface area (Å²) in [5.41, 5.74) is 4.63. The van der Waals surface area contributed by atoms with Crippen LogP contribution in [-0.2, 0) is 0 Å². The van der Waals surface area contributed by atoms with Crippen molar-refractivity contribution >= 4 is 39.4 Å². The van der Waals surface area contributed by atoms with Gasteiger partial charge in [-0.25, -0.2) is 9.38 Å². The highest BCUT2D eigenvalue weighted by Crippen LogP contribution is 2.20. The number of aromatic carboxylic acids is 1. The van der Waals surface area contributed by atoms with Crippen LogP contribution in [0.15, 0.2) is 41.2 Å². The van der Waals surface area contributed by atoms with Crippen LogP contribution in [0.1, 0.15) is 27.0 Å². The number of aryl methyl sites for hydroxylation is 2. The first kappa shape index (κ1) is 15.5. The van der Waals surface area contributed by atoms with Crippen LogP contribution in [0.3, 0.4) is 0 Å².